The molecule has 0 unspecified atom stereocenters. The van der Waals surface area contributed by atoms with Gasteiger partial charge >= 0.3 is 0 Å². The van der Waals surface area contributed by atoms with Gasteiger partial charge in [0.1, 0.15) is 6.79 Å². The fourth-order valence-electron chi connectivity index (χ4n) is 4.00. The number of carbonyl (C=O) groups is 3. The summed E-state index contributed by atoms with van der Waals surface area (Å²) in [7, 11) is 5.06. The smallest absolute Gasteiger partial charge is 0.255 e. The number of nitrogens with zero attached hydrogens (tertiary/aromatic N) is 5. The molecule has 43 heavy (non-hydrogen) atoms. The van der Waals surface area contributed by atoms with Crippen LogP contribution in [0.3, 0.4) is 0 Å². The fourth-order valence-corrected chi connectivity index (χ4v) is 4.00. The number of aliphatic imine (C=N–C) groups is 2. The Hall–Kier alpha value is -3.85. The third-order valence-corrected chi connectivity index (χ3v) is 6.06. The predicted octanol–water partition coefficient (Wildman–Crippen LogP) is 5.61. The van der Waals surface area contributed by atoms with Crippen molar-refractivity contribution in [2.45, 2.75) is 61.3 Å². The minimum Gasteiger partial charge on any atom is -0.371 e. The summed E-state index contributed by atoms with van der Waals surface area (Å²) in [6, 6.07) is 0. The van der Waals surface area contributed by atoms with Gasteiger partial charge in [0, 0.05) is 78.8 Å². The van der Waals surface area contributed by atoms with E-state index in [4.69, 9.17) is 4.79 Å². The van der Waals surface area contributed by atoms with E-state index in [9.17, 15) is 9.59 Å². The number of amides is 2. The van der Waals surface area contributed by atoms with E-state index < -0.39 is 0 Å². The third-order valence-electron chi connectivity index (χ3n) is 6.06. The van der Waals surface area contributed by atoms with Crippen molar-refractivity contribution in [3.05, 3.63) is 72.3 Å². The molecule has 0 atom stereocenters. The lowest BCUT2D eigenvalue weighted by Gasteiger charge is -2.36. The summed E-state index contributed by atoms with van der Waals surface area (Å²) in [5.41, 5.74) is 6.08. The van der Waals surface area contributed by atoms with Gasteiger partial charge < -0.3 is 19.9 Å². The number of hydrogen-bond donors (Lipinski definition) is 1. The molecule has 0 aromatic carbocycles. The summed E-state index contributed by atoms with van der Waals surface area (Å²) in [6.45, 7) is 31.5. The maximum Gasteiger partial charge on any atom is 0.255 e. The van der Waals surface area contributed by atoms with Gasteiger partial charge in [-0.15, -0.1) is 13.2 Å². The highest BCUT2D eigenvalue weighted by Crippen LogP contribution is 2.21. The van der Waals surface area contributed by atoms with Crippen LogP contribution in [0.15, 0.2) is 82.3 Å². The molecule has 0 aromatic heterocycles. The van der Waals surface area contributed by atoms with E-state index in [0.29, 0.717) is 11.3 Å². The Morgan fingerprint density at radius 3 is 2.00 bits per heavy atom. The maximum absolute atomic E-state index is 12.0. The zero-order chi connectivity index (χ0) is 34.0. The summed E-state index contributed by atoms with van der Waals surface area (Å²) in [4.78, 5) is 44.9. The number of carbonyl (C=O) groups excluding carboxylic acids is 3. The topological polar surface area (TPSA) is 97.7 Å². The van der Waals surface area contributed by atoms with Crippen LogP contribution < -0.4 is 5.32 Å². The van der Waals surface area contributed by atoms with E-state index in [0.717, 1.165) is 17.6 Å². The van der Waals surface area contributed by atoms with Crippen molar-refractivity contribution in [2.75, 3.05) is 53.9 Å². The van der Waals surface area contributed by atoms with Crippen molar-refractivity contribution >= 4 is 30.5 Å². The Morgan fingerprint density at radius 2 is 1.63 bits per heavy atom. The largest absolute Gasteiger partial charge is 0.371 e. The van der Waals surface area contributed by atoms with Gasteiger partial charge in [-0.3, -0.25) is 24.5 Å². The summed E-state index contributed by atoms with van der Waals surface area (Å²) in [5.74, 6) is -0.0429. The molecule has 1 fully saturated rings. The number of allylic oxidation sites excluding steroid dienone is 7. The molecule has 2 heterocycles. The highest BCUT2D eigenvalue weighted by atomic mass is 16.2. The third kappa shape index (κ3) is 17.0. The zero-order valence-corrected chi connectivity index (χ0v) is 28.6. The van der Waals surface area contributed by atoms with Crippen molar-refractivity contribution in [3.8, 4) is 0 Å². The Morgan fingerprint density at radius 1 is 1.09 bits per heavy atom. The summed E-state index contributed by atoms with van der Waals surface area (Å²) in [6.07, 6.45) is 11.4. The molecule has 0 saturated carbocycles. The van der Waals surface area contributed by atoms with E-state index >= 15 is 0 Å². The quantitative estimate of drug-likeness (QED) is 0.415. The lowest BCUT2D eigenvalue weighted by atomic mass is 9.93. The molecule has 0 spiro atoms. The molecule has 0 bridgehead atoms. The van der Waals surface area contributed by atoms with Crippen LogP contribution in [-0.4, -0.2) is 99.1 Å². The zero-order valence-electron chi connectivity index (χ0n) is 28.6. The summed E-state index contributed by atoms with van der Waals surface area (Å²) < 4.78 is 0. The molecule has 9 heteroatoms. The molecule has 3 rings (SSSR count). The normalized spacial score (nSPS) is 15.8. The predicted molar refractivity (Wildman–Crippen MR) is 185 cm³/mol. The average molecular weight is 599 g/mol. The Balaban J connectivity index is -0.000000561. The van der Waals surface area contributed by atoms with Crippen molar-refractivity contribution in [2.24, 2.45) is 9.98 Å². The van der Waals surface area contributed by atoms with Crippen molar-refractivity contribution in [1.82, 2.24) is 20.0 Å². The van der Waals surface area contributed by atoms with Gasteiger partial charge in [-0.25, -0.2) is 0 Å². The molecule has 2 amide bonds. The molecule has 9 nitrogen and oxygen atoms in total. The van der Waals surface area contributed by atoms with Crippen LogP contribution in [-0.2, 0) is 14.4 Å². The van der Waals surface area contributed by atoms with Crippen LogP contribution >= 0.6 is 0 Å². The van der Waals surface area contributed by atoms with Gasteiger partial charge in [0.2, 0.25) is 5.91 Å². The second-order valence-electron chi connectivity index (χ2n) is 9.40. The van der Waals surface area contributed by atoms with Crippen molar-refractivity contribution in [1.29, 1.82) is 0 Å². The number of nitrogens with one attached hydrogen (secondary N) is 1. The average Bonchev–Trinajstić information content (AvgIpc) is 3.46. The van der Waals surface area contributed by atoms with Crippen LogP contribution in [0.5, 0.6) is 0 Å². The molecule has 0 aromatic rings. The second kappa shape index (κ2) is 27.0. The number of likely N-dealkylation sites (N-methyl/N-ethyl adjacent to an activating group) is 1. The van der Waals surface area contributed by atoms with E-state index in [1.807, 2.05) is 52.9 Å². The van der Waals surface area contributed by atoms with Crippen LogP contribution in [0.1, 0.15) is 61.3 Å². The van der Waals surface area contributed by atoms with Gasteiger partial charge in [-0.1, -0.05) is 45.1 Å². The monoisotopic (exact) mass is 598 g/mol. The van der Waals surface area contributed by atoms with Crippen LogP contribution in [0.2, 0.25) is 0 Å². The van der Waals surface area contributed by atoms with Gasteiger partial charge in [-0.05, 0) is 45.4 Å². The molecule has 1 aliphatic carbocycles. The first-order valence-electron chi connectivity index (χ1n) is 14.7. The van der Waals surface area contributed by atoms with Crippen LogP contribution in [0.4, 0.5) is 0 Å². The van der Waals surface area contributed by atoms with Gasteiger partial charge in [0.25, 0.3) is 5.91 Å². The second-order valence-corrected chi connectivity index (χ2v) is 9.40. The van der Waals surface area contributed by atoms with Gasteiger partial charge in [0.05, 0.1) is 17.0 Å². The van der Waals surface area contributed by atoms with Crippen LogP contribution in [0.25, 0.3) is 0 Å². The summed E-state index contributed by atoms with van der Waals surface area (Å²) >= 11 is 0. The number of rotatable bonds is 5. The molecule has 1 N–H and O–H groups in total. The Kier molecular flexibility index (Phi) is 27.4. The lowest BCUT2D eigenvalue weighted by Crippen LogP contribution is -2.45. The van der Waals surface area contributed by atoms with Crippen molar-refractivity contribution in [3.63, 3.8) is 0 Å². The Labute approximate surface area is 262 Å². The van der Waals surface area contributed by atoms with E-state index in [2.05, 4.69) is 58.7 Å². The Bertz CT molecular complexity index is 1020. The molecule has 3 aliphatic rings. The van der Waals surface area contributed by atoms with Gasteiger partial charge in [0.15, 0.2) is 0 Å². The first-order chi connectivity index (χ1) is 20.6. The minimum absolute atomic E-state index is 0.00463. The molecule has 0 radical (unpaired) electrons. The minimum atomic E-state index is -0.0475. The fraction of sp³-hybridized carbons (Fsp3) is 0.500. The SMILES string of the molecule is C=C.C=CN=C1C(C(=O)N(C)C)=CC=CC1=C(C)C.C=O.CC.CCCN1CCN(C2=C(C)N=CC2)CC1.CNC(C)=O. The molecule has 1 saturated heterocycles. The highest BCUT2D eigenvalue weighted by Gasteiger charge is 2.22. The van der Waals surface area contributed by atoms with Gasteiger partial charge in [-0.2, -0.15) is 0 Å². The molecule has 242 valence electrons. The lowest BCUT2D eigenvalue weighted by molar-refractivity contribution is -0.124. The number of piperazine rings is 1. The highest BCUT2D eigenvalue weighted by molar-refractivity contribution is 6.30. The van der Waals surface area contributed by atoms with Crippen LogP contribution in [0, 0.1) is 0 Å². The first-order valence-corrected chi connectivity index (χ1v) is 14.7. The maximum atomic E-state index is 12.0. The molecular formula is C34H58N6O3. The first kappa shape index (κ1) is 43.6. The standard InChI is InChI=1S/C14H18N2O.C12H21N3.C3H7NO.C2H6.C2H4.CH2O/c1-6-15-13-11(10(2)3)8-7-9-12(13)14(17)16(4)5;1-3-6-14-7-9-15(10-8-14)12-4-5-13-11(12)2;1-3(5)4-2;3*1-2/h6-9H,1H2,2-5H3;5H,3-4,6-10H2,1-2H3;1-2H3,(H,4,5);1-2H3;1-2H2;1H2. The summed E-state index contributed by atoms with van der Waals surface area (Å²) in [5, 5.41) is 2.39. The van der Waals surface area contributed by atoms with E-state index in [1.54, 1.807) is 32.1 Å². The van der Waals surface area contributed by atoms with Crippen molar-refractivity contribution < 1.29 is 14.4 Å². The van der Waals surface area contributed by atoms with E-state index in [1.165, 1.54) is 63.7 Å². The molecular weight excluding hydrogens is 540 g/mol. The molecule has 2 aliphatic heterocycles. The number of hydrogen-bond acceptors (Lipinski definition) is 7. The van der Waals surface area contributed by atoms with E-state index in [-0.39, 0.29) is 11.8 Å².